The third-order valence-corrected chi connectivity index (χ3v) is 4.29. The molecular formula is C15H25N3O2. The fourth-order valence-electron chi connectivity index (χ4n) is 3.05. The van der Waals surface area contributed by atoms with Gasteiger partial charge in [0.05, 0.1) is 12.6 Å². The Kier molecular flexibility index (Phi) is 4.48. The van der Waals surface area contributed by atoms with Gasteiger partial charge in [0.2, 0.25) is 0 Å². The molecule has 112 valence electrons. The van der Waals surface area contributed by atoms with E-state index in [2.05, 4.69) is 25.9 Å². The van der Waals surface area contributed by atoms with Crippen molar-refractivity contribution in [3.63, 3.8) is 0 Å². The van der Waals surface area contributed by atoms with E-state index in [1.807, 2.05) is 13.1 Å². The SMILES string of the molecule is CC(C)c1cc(C(=O)N2CCCC(C)C2CO)nn1C. The highest BCUT2D eigenvalue weighted by Gasteiger charge is 2.33. The summed E-state index contributed by atoms with van der Waals surface area (Å²) in [6, 6.07) is 1.79. The van der Waals surface area contributed by atoms with Crippen molar-refractivity contribution < 1.29 is 9.90 Å². The maximum Gasteiger partial charge on any atom is 0.274 e. The molecule has 1 aliphatic rings. The molecule has 0 radical (unpaired) electrons. The van der Waals surface area contributed by atoms with E-state index in [1.165, 1.54) is 0 Å². The van der Waals surface area contributed by atoms with E-state index in [0.29, 0.717) is 24.1 Å². The Labute approximate surface area is 120 Å². The molecule has 0 spiro atoms. The number of hydrogen-bond acceptors (Lipinski definition) is 3. The average Bonchev–Trinajstić information content (AvgIpc) is 2.80. The summed E-state index contributed by atoms with van der Waals surface area (Å²) in [5.41, 5.74) is 1.54. The van der Waals surface area contributed by atoms with E-state index >= 15 is 0 Å². The predicted molar refractivity (Wildman–Crippen MR) is 77.6 cm³/mol. The zero-order valence-electron chi connectivity index (χ0n) is 12.8. The lowest BCUT2D eigenvalue weighted by molar-refractivity contribution is 0.0352. The molecule has 1 N–H and O–H groups in total. The summed E-state index contributed by atoms with van der Waals surface area (Å²) in [6.45, 7) is 7.01. The minimum atomic E-state index is -0.0826. The number of carbonyl (C=O) groups is 1. The minimum absolute atomic E-state index is 0.0246. The van der Waals surface area contributed by atoms with E-state index in [9.17, 15) is 9.90 Å². The highest BCUT2D eigenvalue weighted by molar-refractivity contribution is 5.92. The number of carbonyl (C=O) groups excluding carboxylic acids is 1. The summed E-state index contributed by atoms with van der Waals surface area (Å²) in [7, 11) is 1.87. The molecule has 20 heavy (non-hydrogen) atoms. The molecule has 2 unspecified atom stereocenters. The molecule has 1 aromatic heterocycles. The number of aryl methyl sites for hydroxylation is 1. The highest BCUT2D eigenvalue weighted by Crippen LogP contribution is 2.25. The molecule has 1 aliphatic heterocycles. The van der Waals surface area contributed by atoms with Crippen molar-refractivity contribution in [2.45, 2.75) is 45.6 Å². The Bertz CT molecular complexity index is 481. The number of piperidine rings is 1. The van der Waals surface area contributed by atoms with Gasteiger partial charge in [-0.05, 0) is 30.7 Å². The molecule has 0 bridgehead atoms. The first-order valence-electron chi connectivity index (χ1n) is 7.41. The molecule has 1 amide bonds. The highest BCUT2D eigenvalue weighted by atomic mass is 16.3. The van der Waals surface area contributed by atoms with Crippen LogP contribution in [-0.4, -0.2) is 44.9 Å². The Morgan fingerprint density at radius 1 is 1.55 bits per heavy atom. The first kappa shape index (κ1) is 15.0. The van der Waals surface area contributed by atoms with Gasteiger partial charge in [0.1, 0.15) is 0 Å². The number of amides is 1. The van der Waals surface area contributed by atoms with Gasteiger partial charge < -0.3 is 10.0 Å². The fourth-order valence-corrected chi connectivity index (χ4v) is 3.05. The smallest absolute Gasteiger partial charge is 0.274 e. The molecule has 1 aromatic rings. The van der Waals surface area contributed by atoms with Crippen LogP contribution in [0.25, 0.3) is 0 Å². The molecule has 2 atom stereocenters. The van der Waals surface area contributed by atoms with Gasteiger partial charge in [-0.15, -0.1) is 0 Å². The van der Waals surface area contributed by atoms with Crippen LogP contribution in [0.1, 0.15) is 55.7 Å². The summed E-state index contributed by atoms with van der Waals surface area (Å²) in [6.07, 6.45) is 2.06. The summed E-state index contributed by atoms with van der Waals surface area (Å²) < 4.78 is 1.78. The van der Waals surface area contributed by atoms with Gasteiger partial charge in [-0.2, -0.15) is 5.10 Å². The molecule has 5 heteroatoms. The third kappa shape index (κ3) is 2.73. The number of aliphatic hydroxyl groups excluding tert-OH is 1. The second-order valence-corrected chi connectivity index (χ2v) is 6.10. The average molecular weight is 279 g/mol. The first-order chi connectivity index (χ1) is 9.45. The second kappa shape index (κ2) is 5.95. The quantitative estimate of drug-likeness (QED) is 0.917. The lowest BCUT2D eigenvalue weighted by Crippen LogP contribution is -2.49. The van der Waals surface area contributed by atoms with Crippen molar-refractivity contribution in [1.82, 2.24) is 14.7 Å². The summed E-state index contributed by atoms with van der Waals surface area (Å²) in [5, 5.41) is 13.9. The largest absolute Gasteiger partial charge is 0.394 e. The molecule has 1 fully saturated rings. The van der Waals surface area contributed by atoms with Crippen molar-refractivity contribution >= 4 is 5.91 Å². The molecule has 2 rings (SSSR count). The standard InChI is InChI=1S/C15H25N3O2/c1-10(2)13-8-12(16-17(13)4)15(20)18-7-5-6-11(3)14(18)9-19/h8,10-11,14,19H,5-7,9H2,1-4H3. The number of aromatic nitrogens is 2. The minimum Gasteiger partial charge on any atom is -0.394 e. The van der Waals surface area contributed by atoms with Crippen molar-refractivity contribution in [3.8, 4) is 0 Å². The van der Waals surface area contributed by atoms with Gasteiger partial charge in [0, 0.05) is 19.3 Å². The van der Waals surface area contributed by atoms with Crippen molar-refractivity contribution in [3.05, 3.63) is 17.5 Å². The van der Waals surface area contributed by atoms with E-state index in [1.54, 1.807) is 9.58 Å². The Balaban J connectivity index is 2.23. The zero-order chi connectivity index (χ0) is 14.9. The van der Waals surface area contributed by atoms with Gasteiger partial charge in [-0.3, -0.25) is 9.48 Å². The number of nitrogens with zero attached hydrogens (tertiary/aromatic N) is 3. The van der Waals surface area contributed by atoms with E-state index in [-0.39, 0.29) is 18.6 Å². The summed E-state index contributed by atoms with van der Waals surface area (Å²) in [4.78, 5) is 14.4. The van der Waals surface area contributed by atoms with Crippen molar-refractivity contribution in [1.29, 1.82) is 0 Å². The molecule has 0 aliphatic carbocycles. The fraction of sp³-hybridized carbons (Fsp3) is 0.733. The first-order valence-corrected chi connectivity index (χ1v) is 7.41. The van der Waals surface area contributed by atoms with Crippen LogP contribution in [0.15, 0.2) is 6.07 Å². The predicted octanol–water partition coefficient (Wildman–Crippen LogP) is 1.78. The molecular weight excluding hydrogens is 254 g/mol. The Morgan fingerprint density at radius 2 is 2.25 bits per heavy atom. The van der Waals surface area contributed by atoms with Gasteiger partial charge in [-0.25, -0.2) is 0 Å². The molecule has 1 saturated heterocycles. The zero-order valence-corrected chi connectivity index (χ0v) is 12.8. The van der Waals surface area contributed by atoms with Crippen LogP contribution in [-0.2, 0) is 7.05 Å². The van der Waals surface area contributed by atoms with Crippen LogP contribution in [0, 0.1) is 5.92 Å². The van der Waals surface area contributed by atoms with E-state index in [4.69, 9.17) is 0 Å². The molecule has 5 nitrogen and oxygen atoms in total. The van der Waals surface area contributed by atoms with Crippen molar-refractivity contribution in [2.75, 3.05) is 13.2 Å². The van der Waals surface area contributed by atoms with Crippen LogP contribution in [0.4, 0.5) is 0 Å². The van der Waals surface area contributed by atoms with Gasteiger partial charge >= 0.3 is 0 Å². The monoisotopic (exact) mass is 279 g/mol. The number of rotatable bonds is 3. The summed E-state index contributed by atoms with van der Waals surface area (Å²) in [5.74, 6) is 0.618. The maximum absolute atomic E-state index is 12.6. The molecule has 0 saturated carbocycles. The van der Waals surface area contributed by atoms with Gasteiger partial charge in [0.15, 0.2) is 5.69 Å². The van der Waals surface area contributed by atoms with Crippen molar-refractivity contribution in [2.24, 2.45) is 13.0 Å². The number of hydrogen-bond donors (Lipinski definition) is 1. The van der Waals surface area contributed by atoms with Gasteiger partial charge in [-0.1, -0.05) is 20.8 Å². The van der Waals surface area contributed by atoms with Crippen LogP contribution in [0.3, 0.4) is 0 Å². The van der Waals surface area contributed by atoms with E-state index in [0.717, 1.165) is 18.5 Å². The molecule has 0 aromatic carbocycles. The normalized spacial score (nSPS) is 23.4. The molecule has 2 heterocycles. The number of likely N-dealkylation sites (tertiary alicyclic amines) is 1. The van der Waals surface area contributed by atoms with Crippen LogP contribution >= 0.6 is 0 Å². The van der Waals surface area contributed by atoms with Crippen LogP contribution in [0.5, 0.6) is 0 Å². The maximum atomic E-state index is 12.6. The summed E-state index contributed by atoms with van der Waals surface area (Å²) >= 11 is 0. The lowest BCUT2D eigenvalue weighted by Gasteiger charge is -2.38. The third-order valence-electron chi connectivity index (χ3n) is 4.29. The Morgan fingerprint density at radius 3 is 2.80 bits per heavy atom. The Hall–Kier alpha value is -1.36. The van der Waals surface area contributed by atoms with E-state index < -0.39 is 0 Å². The topological polar surface area (TPSA) is 58.4 Å². The number of aliphatic hydroxyl groups is 1. The van der Waals surface area contributed by atoms with Crippen LogP contribution in [0.2, 0.25) is 0 Å². The van der Waals surface area contributed by atoms with Crippen LogP contribution < -0.4 is 0 Å². The second-order valence-electron chi connectivity index (χ2n) is 6.10. The lowest BCUT2D eigenvalue weighted by atomic mass is 9.91. The van der Waals surface area contributed by atoms with Gasteiger partial charge in [0.25, 0.3) is 5.91 Å².